The van der Waals surface area contributed by atoms with Crippen LogP contribution >= 0.6 is 35.3 Å². The van der Waals surface area contributed by atoms with Gasteiger partial charge in [-0.1, -0.05) is 0 Å². The summed E-state index contributed by atoms with van der Waals surface area (Å²) in [5, 5.41) is 9.87. The summed E-state index contributed by atoms with van der Waals surface area (Å²) in [4.78, 5) is 22.8. The van der Waals surface area contributed by atoms with Gasteiger partial charge in [0.25, 0.3) is 0 Å². The highest BCUT2D eigenvalue weighted by atomic mass is 127. The van der Waals surface area contributed by atoms with Crippen molar-refractivity contribution in [2.75, 3.05) is 39.3 Å². The second kappa shape index (κ2) is 13.3. The molecule has 0 radical (unpaired) electrons. The number of nitrogens with zero attached hydrogens (tertiary/aromatic N) is 3. The van der Waals surface area contributed by atoms with E-state index in [1.807, 2.05) is 6.92 Å². The molecule has 0 aliphatic carbocycles. The fourth-order valence-electron chi connectivity index (χ4n) is 3.15. The van der Waals surface area contributed by atoms with E-state index in [4.69, 9.17) is 5.73 Å². The van der Waals surface area contributed by atoms with Gasteiger partial charge in [-0.05, 0) is 46.2 Å². The van der Waals surface area contributed by atoms with Gasteiger partial charge < -0.3 is 21.3 Å². The van der Waals surface area contributed by atoms with Gasteiger partial charge in [-0.2, -0.15) is 0 Å². The molecule has 1 amide bonds. The summed E-state index contributed by atoms with van der Waals surface area (Å²) in [5.41, 5.74) is 6.57. The van der Waals surface area contributed by atoms with Crippen LogP contribution in [-0.2, 0) is 11.2 Å². The number of likely N-dealkylation sites (tertiary alicyclic amines) is 1. The van der Waals surface area contributed by atoms with E-state index in [0.29, 0.717) is 0 Å². The SMILES string of the molecule is CCNC(=NCCCN1CCCC(C(N)=O)C1)NCCc1csc(C)n1.I. The minimum absolute atomic E-state index is 0. The van der Waals surface area contributed by atoms with Gasteiger partial charge in [-0.15, -0.1) is 35.3 Å². The molecule has 7 nitrogen and oxygen atoms in total. The summed E-state index contributed by atoms with van der Waals surface area (Å²) in [7, 11) is 0. The van der Waals surface area contributed by atoms with Gasteiger partial charge in [0.15, 0.2) is 5.96 Å². The highest BCUT2D eigenvalue weighted by molar-refractivity contribution is 14.0. The van der Waals surface area contributed by atoms with Gasteiger partial charge in [-0.25, -0.2) is 4.98 Å². The molecule has 9 heteroatoms. The number of primary amides is 1. The van der Waals surface area contributed by atoms with Gasteiger partial charge in [0, 0.05) is 38.0 Å². The molecular weight excluding hydrogens is 475 g/mol. The van der Waals surface area contributed by atoms with E-state index in [-0.39, 0.29) is 35.8 Å². The summed E-state index contributed by atoms with van der Waals surface area (Å²) in [6, 6.07) is 0. The van der Waals surface area contributed by atoms with E-state index in [0.717, 1.165) is 81.6 Å². The first-order valence-corrected chi connectivity index (χ1v) is 10.4. The third-order valence-electron chi connectivity index (χ3n) is 4.49. The molecule has 4 N–H and O–H groups in total. The number of thiazole rings is 1. The number of halogens is 1. The number of piperidine rings is 1. The van der Waals surface area contributed by atoms with Gasteiger partial charge in [0.1, 0.15) is 0 Å². The predicted octanol–water partition coefficient (Wildman–Crippen LogP) is 1.75. The van der Waals surface area contributed by atoms with Crippen LogP contribution in [0.5, 0.6) is 0 Å². The molecule has 1 atom stereocenters. The number of aromatic nitrogens is 1. The molecule has 2 heterocycles. The lowest BCUT2D eigenvalue weighted by molar-refractivity contribution is -0.123. The number of amides is 1. The molecule has 1 aliphatic rings. The number of nitrogens with one attached hydrogen (secondary N) is 2. The number of carbonyl (C=O) groups excluding carboxylic acids is 1. The lowest BCUT2D eigenvalue weighted by atomic mass is 9.97. The average Bonchev–Trinajstić information content (AvgIpc) is 3.04. The number of aliphatic imine (C=N–C) groups is 1. The van der Waals surface area contributed by atoms with Crippen LogP contribution in [0.2, 0.25) is 0 Å². The Balaban J connectivity index is 0.00000364. The first-order valence-electron chi connectivity index (χ1n) is 9.53. The number of rotatable bonds is 9. The second-order valence-electron chi connectivity index (χ2n) is 6.69. The molecule has 1 unspecified atom stereocenters. The van der Waals surface area contributed by atoms with E-state index < -0.39 is 0 Å². The van der Waals surface area contributed by atoms with Gasteiger partial charge in [0.2, 0.25) is 5.91 Å². The number of aryl methyl sites for hydroxylation is 1. The minimum atomic E-state index is -0.165. The van der Waals surface area contributed by atoms with Crippen molar-refractivity contribution in [3.05, 3.63) is 16.1 Å². The molecule has 0 aromatic carbocycles. The third-order valence-corrected chi connectivity index (χ3v) is 5.32. The Labute approximate surface area is 183 Å². The molecule has 0 bridgehead atoms. The first-order chi connectivity index (χ1) is 12.6. The van der Waals surface area contributed by atoms with E-state index in [9.17, 15) is 4.79 Å². The Bertz CT molecular complexity index is 594. The number of hydrogen-bond donors (Lipinski definition) is 3. The zero-order valence-electron chi connectivity index (χ0n) is 16.4. The summed E-state index contributed by atoms with van der Waals surface area (Å²) >= 11 is 1.69. The van der Waals surface area contributed by atoms with Crippen LogP contribution in [0.1, 0.15) is 36.9 Å². The van der Waals surface area contributed by atoms with Crippen molar-refractivity contribution in [1.82, 2.24) is 20.5 Å². The van der Waals surface area contributed by atoms with E-state index in [2.05, 4.69) is 37.8 Å². The molecule has 0 saturated carbocycles. The van der Waals surface area contributed by atoms with Crippen LogP contribution in [0.3, 0.4) is 0 Å². The smallest absolute Gasteiger partial charge is 0.221 e. The summed E-state index contributed by atoms with van der Waals surface area (Å²) in [6.07, 6.45) is 3.86. The monoisotopic (exact) mass is 508 g/mol. The fourth-order valence-corrected chi connectivity index (χ4v) is 3.80. The predicted molar refractivity (Wildman–Crippen MR) is 123 cm³/mol. The number of hydrogen-bond acceptors (Lipinski definition) is 5. The number of carbonyl (C=O) groups is 1. The second-order valence-corrected chi connectivity index (χ2v) is 7.75. The van der Waals surface area contributed by atoms with Gasteiger partial charge >= 0.3 is 0 Å². The van der Waals surface area contributed by atoms with Crippen molar-refractivity contribution in [1.29, 1.82) is 0 Å². The Morgan fingerprint density at radius 2 is 2.30 bits per heavy atom. The van der Waals surface area contributed by atoms with Crippen molar-refractivity contribution < 1.29 is 4.79 Å². The summed E-state index contributed by atoms with van der Waals surface area (Å²) in [6.45, 7) is 9.34. The number of guanidine groups is 1. The van der Waals surface area contributed by atoms with Crippen molar-refractivity contribution in [2.24, 2.45) is 16.6 Å². The molecule has 1 fully saturated rings. The molecule has 27 heavy (non-hydrogen) atoms. The average molecular weight is 508 g/mol. The molecule has 2 rings (SSSR count). The van der Waals surface area contributed by atoms with E-state index in [1.54, 1.807) is 11.3 Å². The van der Waals surface area contributed by atoms with E-state index in [1.165, 1.54) is 0 Å². The van der Waals surface area contributed by atoms with E-state index >= 15 is 0 Å². The zero-order chi connectivity index (χ0) is 18.8. The molecule has 154 valence electrons. The molecule has 0 spiro atoms. The van der Waals surface area contributed by atoms with Gasteiger partial charge in [-0.3, -0.25) is 9.79 Å². The molecule has 1 saturated heterocycles. The van der Waals surface area contributed by atoms with Crippen molar-refractivity contribution >= 4 is 47.2 Å². The molecule has 1 aliphatic heterocycles. The van der Waals surface area contributed by atoms with Crippen LogP contribution in [0.25, 0.3) is 0 Å². The van der Waals surface area contributed by atoms with Crippen LogP contribution < -0.4 is 16.4 Å². The highest BCUT2D eigenvalue weighted by Crippen LogP contribution is 2.15. The molecule has 1 aromatic rings. The lowest BCUT2D eigenvalue weighted by Crippen LogP contribution is -2.41. The largest absolute Gasteiger partial charge is 0.369 e. The molecule has 1 aromatic heterocycles. The zero-order valence-corrected chi connectivity index (χ0v) is 19.5. The molecular formula is C18H33IN6OS. The quantitative estimate of drug-likeness (QED) is 0.205. The topological polar surface area (TPSA) is 95.6 Å². The maximum Gasteiger partial charge on any atom is 0.221 e. The Morgan fingerprint density at radius 1 is 1.48 bits per heavy atom. The van der Waals surface area contributed by atoms with Crippen LogP contribution in [-0.4, -0.2) is 61.0 Å². The Hall–Kier alpha value is -0.940. The normalized spacial score (nSPS) is 18.0. The maximum atomic E-state index is 11.3. The van der Waals surface area contributed by atoms with Crippen LogP contribution in [0, 0.1) is 12.8 Å². The lowest BCUT2D eigenvalue weighted by Gasteiger charge is -2.30. The Morgan fingerprint density at radius 3 is 2.96 bits per heavy atom. The van der Waals surface area contributed by atoms with Crippen LogP contribution in [0.4, 0.5) is 0 Å². The highest BCUT2D eigenvalue weighted by Gasteiger charge is 2.23. The Kier molecular flexibility index (Phi) is 11.8. The minimum Gasteiger partial charge on any atom is -0.369 e. The fraction of sp³-hybridized carbons (Fsp3) is 0.722. The van der Waals surface area contributed by atoms with Crippen molar-refractivity contribution in [3.8, 4) is 0 Å². The third kappa shape index (κ3) is 9.20. The summed E-state index contributed by atoms with van der Waals surface area (Å²) < 4.78 is 0. The van der Waals surface area contributed by atoms with Crippen molar-refractivity contribution in [3.63, 3.8) is 0 Å². The summed E-state index contributed by atoms with van der Waals surface area (Å²) in [5.74, 6) is 0.704. The van der Waals surface area contributed by atoms with Crippen LogP contribution in [0.15, 0.2) is 10.4 Å². The van der Waals surface area contributed by atoms with Gasteiger partial charge in [0.05, 0.1) is 16.6 Å². The number of nitrogens with two attached hydrogens (primary N) is 1. The van der Waals surface area contributed by atoms with Crippen molar-refractivity contribution in [2.45, 2.75) is 39.5 Å². The maximum absolute atomic E-state index is 11.3. The first kappa shape index (κ1) is 24.1. The standard InChI is InChI=1S/C18H32N6OS.HI/c1-3-20-18(22-9-7-16-13-26-14(2)23-16)21-8-5-11-24-10-4-6-15(12-24)17(19)25;/h13,15H,3-12H2,1-2H3,(H2,19,25)(H2,20,21,22);1H.